The number of halogens is 4. The third-order valence-corrected chi connectivity index (χ3v) is 17.3. The molecule has 12 N–H and O–H groups in total. The molecule has 4 amide bonds. The number of carbonyl (C=O) groups is 4. The molecule has 4 rings (SSSR count). The number of hydrogen-bond acceptors (Lipinski definition) is 25. The lowest BCUT2D eigenvalue weighted by atomic mass is 10.1. The monoisotopic (exact) mass is 1710 g/mol. The molecule has 0 saturated heterocycles. The molecule has 0 bridgehead atoms. The van der Waals surface area contributed by atoms with E-state index in [9.17, 15) is 53.6 Å². The Kier molecular flexibility index (Phi) is 58.8. The molecular formula is C76H116F4N10O25S2. The number of hydrogen-bond donors (Lipinski definition) is 8. The number of ether oxygens (including phenoxy) is 17. The van der Waals surface area contributed by atoms with Crippen LogP contribution in [-0.4, -0.2) is 278 Å². The van der Waals surface area contributed by atoms with Crippen molar-refractivity contribution >= 4 is 67.7 Å². The van der Waals surface area contributed by atoms with E-state index in [2.05, 4.69) is 37.0 Å². The van der Waals surface area contributed by atoms with Crippen molar-refractivity contribution in [3.63, 3.8) is 0 Å². The minimum absolute atomic E-state index is 0.00591. The van der Waals surface area contributed by atoms with Crippen molar-refractivity contribution in [2.75, 3.05) is 225 Å². The number of benzene rings is 4. The van der Waals surface area contributed by atoms with Crippen molar-refractivity contribution in [3.05, 3.63) is 118 Å². The van der Waals surface area contributed by atoms with Crippen LogP contribution in [0.5, 0.6) is 23.0 Å². The van der Waals surface area contributed by atoms with Gasteiger partial charge in [0.2, 0.25) is 31.9 Å². The maximum absolute atomic E-state index is 14.6. The van der Waals surface area contributed by atoms with Gasteiger partial charge < -0.3 is 114 Å². The van der Waals surface area contributed by atoms with Crippen LogP contribution in [0.1, 0.15) is 64.5 Å². The Morgan fingerprint density at radius 2 is 0.624 bits per heavy atom. The summed E-state index contributed by atoms with van der Waals surface area (Å²) in [6.45, 7) is 20.4. The number of guanidine groups is 2. The van der Waals surface area contributed by atoms with Crippen molar-refractivity contribution in [2.45, 2.75) is 63.2 Å². The summed E-state index contributed by atoms with van der Waals surface area (Å²) in [4.78, 5) is 53.0. The highest BCUT2D eigenvalue weighted by Crippen LogP contribution is 2.32. The highest BCUT2D eigenvalue weighted by Gasteiger charge is 2.20. The molecule has 0 saturated carbocycles. The zero-order valence-electron chi connectivity index (χ0n) is 67.3. The number of carbonyl (C=O) groups excluding carboxylic acids is 4. The summed E-state index contributed by atoms with van der Waals surface area (Å²) in [7, 11) is -4.60. The Balaban J connectivity index is 0.000000604. The third-order valence-electron chi connectivity index (χ3n) is 14.3. The van der Waals surface area contributed by atoms with Crippen molar-refractivity contribution in [1.82, 2.24) is 20.1 Å². The first-order valence-corrected chi connectivity index (χ1v) is 40.4. The lowest BCUT2D eigenvalue weighted by Gasteiger charge is -2.11. The van der Waals surface area contributed by atoms with Crippen molar-refractivity contribution in [1.29, 1.82) is 0 Å². The van der Waals surface area contributed by atoms with Crippen molar-refractivity contribution in [3.8, 4) is 23.0 Å². The summed E-state index contributed by atoms with van der Waals surface area (Å²) >= 11 is 0. The highest BCUT2D eigenvalue weighted by atomic mass is 32.2. The second-order valence-electron chi connectivity index (χ2n) is 24.1. The highest BCUT2D eigenvalue weighted by molar-refractivity contribution is 7.89. The number of aliphatic imine (C=N–C) groups is 2. The lowest BCUT2D eigenvalue weighted by molar-refractivity contribution is -0.123. The molecule has 0 radical (unpaired) electrons. The Hall–Kier alpha value is -8.28. The van der Waals surface area contributed by atoms with Gasteiger partial charge in [-0.15, -0.1) is 0 Å². The Morgan fingerprint density at radius 3 is 0.906 bits per heavy atom. The van der Waals surface area contributed by atoms with Gasteiger partial charge >= 0.3 is 0 Å². The first-order valence-electron chi connectivity index (χ1n) is 37.5. The fourth-order valence-corrected chi connectivity index (χ4v) is 10.7. The summed E-state index contributed by atoms with van der Waals surface area (Å²) < 4.78 is 203. The zero-order chi connectivity index (χ0) is 86.2. The fraction of sp³-hybridized carbons (Fsp3) is 0.553. The van der Waals surface area contributed by atoms with Crippen LogP contribution in [0.25, 0.3) is 12.2 Å². The summed E-state index contributed by atoms with van der Waals surface area (Å²) in [5.74, 6) is -8.16. The molecule has 0 aromatic heterocycles. The number of nitrogens with one attached hydrogen (secondary N) is 4. The summed E-state index contributed by atoms with van der Waals surface area (Å²) in [5.41, 5.74) is 20.8. The average molecular weight is 1710 g/mol. The molecule has 0 aliphatic carbocycles. The minimum Gasteiger partial charge on any atom is -0.451 e. The van der Waals surface area contributed by atoms with Crippen LogP contribution < -0.4 is 52.5 Å². The number of nitrogens with two attached hydrogens (primary N) is 4. The zero-order valence-corrected chi connectivity index (χ0v) is 68.9. The maximum Gasteiger partial charge on any atom is 0.275 e. The van der Waals surface area contributed by atoms with Crippen LogP contribution in [0.4, 0.5) is 17.6 Å². The van der Waals surface area contributed by atoms with E-state index in [1.165, 1.54) is 81.6 Å². The summed E-state index contributed by atoms with van der Waals surface area (Å²) in [6.07, 6.45) is 4.97. The Labute approximate surface area is 681 Å². The third kappa shape index (κ3) is 52.3. The fourth-order valence-electron chi connectivity index (χ4n) is 8.71. The van der Waals surface area contributed by atoms with E-state index >= 15 is 0 Å². The predicted molar refractivity (Wildman–Crippen MR) is 425 cm³/mol. The Bertz CT molecular complexity index is 3750. The number of rotatable bonds is 64. The summed E-state index contributed by atoms with van der Waals surface area (Å²) in [6, 6.07) is 13.8. The molecule has 117 heavy (non-hydrogen) atoms. The van der Waals surface area contributed by atoms with E-state index in [0.717, 1.165) is 43.7 Å². The molecule has 4 aromatic carbocycles. The molecule has 0 aliphatic heterocycles. The molecule has 4 aromatic rings. The second-order valence-corrected chi connectivity index (χ2v) is 27.6. The van der Waals surface area contributed by atoms with Crippen LogP contribution >= 0.6 is 0 Å². The van der Waals surface area contributed by atoms with Gasteiger partial charge in [-0.1, -0.05) is 13.8 Å². The number of sulfonamides is 2. The number of amides is 4. The van der Waals surface area contributed by atoms with Gasteiger partial charge in [0.25, 0.3) is 11.8 Å². The molecule has 41 heteroatoms. The van der Waals surface area contributed by atoms with Gasteiger partial charge in [-0.3, -0.25) is 19.2 Å². The van der Waals surface area contributed by atoms with Crippen LogP contribution in [0, 0.1) is 23.3 Å². The first-order chi connectivity index (χ1) is 56.3. The van der Waals surface area contributed by atoms with Crippen LogP contribution in [0.2, 0.25) is 0 Å². The van der Waals surface area contributed by atoms with E-state index in [4.69, 9.17) is 103 Å². The lowest BCUT2D eigenvalue weighted by Crippen LogP contribution is -2.28. The molecule has 0 fully saturated rings. The van der Waals surface area contributed by atoms with Gasteiger partial charge in [-0.05, 0) is 123 Å². The smallest absolute Gasteiger partial charge is 0.275 e. The molecule has 0 atom stereocenters. The van der Waals surface area contributed by atoms with E-state index in [1.54, 1.807) is 7.11 Å². The van der Waals surface area contributed by atoms with Crippen LogP contribution in [0.15, 0.2) is 104 Å². The molecular weight excluding hydrogens is 1590 g/mol. The van der Waals surface area contributed by atoms with Crippen molar-refractivity contribution in [2.24, 2.45) is 32.9 Å². The maximum atomic E-state index is 14.6. The standard InChI is InChI=1S/C29H39F2N5O9S.C24H30F2N4O6S.C23H47NO10/c1-20(28(38)36-29(32)33)17-21-18-24(30)27(25(31)19-21)45-22-3-5-23(6-4-22)46(39,40)35-9-12-43-14-16-44-15-13-42-11-8-34-26(37)7-10-41-2;1-3-9-34-11-12-35-10-8-29-37(32,33)19-6-4-18(5-7-19)36-22-20(25)14-17(15-21(22)26)13-16(2)23(31)30-24(27)28;1-3-6-27-9-11-29-13-15-31-17-19-33-21-22-34-20-18-32-16-14-30-12-10-28-7-4-23(25)24-5-8-26-2/h3-6,17-19,35H,7-16H2,1-2H3,(H,34,37)(H4,32,33,36,38);4-7,13-15,29H,3,8-12H2,1-2H3,(H4,27,28,30,31);3-22H2,1-2H3,(H,24,25)/b20-17+;16-13+;. The first kappa shape index (κ1) is 105. The van der Waals surface area contributed by atoms with Gasteiger partial charge in [0.05, 0.1) is 182 Å². The second kappa shape index (κ2) is 65.6. The van der Waals surface area contributed by atoms with E-state index in [-0.39, 0.29) is 94.9 Å². The van der Waals surface area contributed by atoms with E-state index in [0.29, 0.717) is 178 Å². The molecule has 0 spiro atoms. The van der Waals surface area contributed by atoms with E-state index < -0.39 is 78.5 Å². The Morgan fingerprint density at radius 1 is 0.368 bits per heavy atom. The largest absolute Gasteiger partial charge is 0.451 e. The van der Waals surface area contributed by atoms with Crippen LogP contribution in [0.3, 0.4) is 0 Å². The van der Waals surface area contributed by atoms with E-state index in [1.807, 2.05) is 6.92 Å². The molecule has 660 valence electrons. The topological polar surface area (TPSA) is 470 Å². The van der Waals surface area contributed by atoms with Crippen LogP contribution in [-0.2, 0) is 110 Å². The summed E-state index contributed by atoms with van der Waals surface area (Å²) in [5, 5.41) is 5.43. The molecule has 0 heterocycles. The molecule has 0 unspecified atom stereocenters. The number of methoxy groups -OCH3 is 2. The molecule has 35 nitrogen and oxygen atoms in total. The van der Waals surface area contributed by atoms with Gasteiger partial charge in [-0.25, -0.2) is 43.8 Å². The van der Waals surface area contributed by atoms with Crippen molar-refractivity contribution < 1.29 is 134 Å². The van der Waals surface area contributed by atoms with Gasteiger partial charge in [0.1, 0.15) is 11.5 Å². The van der Waals surface area contributed by atoms with Gasteiger partial charge in [0, 0.05) is 77.6 Å². The minimum atomic E-state index is -3.89. The molecule has 0 aliphatic rings. The van der Waals surface area contributed by atoms with Gasteiger partial charge in [0.15, 0.2) is 46.7 Å². The predicted octanol–water partition coefficient (Wildman–Crippen LogP) is 4.80. The normalized spacial score (nSPS) is 11.6. The number of nitrogens with zero attached hydrogens (tertiary/aromatic N) is 2. The van der Waals surface area contributed by atoms with Gasteiger partial charge in [-0.2, -0.15) is 9.98 Å². The average Bonchev–Trinajstić information content (AvgIpc) is 0.823. The quantitative estimate of drug-likeness (QED) is 0.00966. The SMILES string of the molecule is CCCOCCOCCNS(=O)(=O)c1ccc(Oc2c(F)cc(/C=C(\C)C(=O)N=C(N)N)cc2F)cc1.CCCOCCOCCOCCOCCOCCOCCOCCOCCC(=O)NCCOC.COCCC(=O)NCCOCCOCCOCCNS(=O)(=O)c1ccc(Oc2c(F)cc(/C=C(\C)C(=O)N=C(N)N)cc2F)cc1.